The van der Waals surface area contributed by atoms with Gasteiger partial charge >= 0.3 is 0 Å². The number of halogens is 3. The van der Waals surface area contributed by atoms with Gasteiger partial charge in [-0.15, -0.1) is 0 Å². The highest BCUT2D eigenvalue weighted by molar-refractivity contribution is 5.67. The number of anilines is 1. The lowest BCUT2D eigenvalue weighted by Crippen LogP contribution is -2.30. The first-order chi connectivity index (χ1) is 14.5. The average Bonchev–Trinajstić information content (AvgIpc) is 3.44. The number of aryl methyl sites for hydroxylation is 1. The molecule has 1 fully saturated rings. The van der Waals surface area contributed by atoms with E-state index in [2.05, 4.69) is 30.6 Å². The Morgan fingerprint density at radius 1 is 1.17 bits per heavy atom. The molecular formula is C20H18F3N7. The van der Waals surface area contributed by atoms with Gasteiger partial charge in [0, 0.05) is 37.1 Å². The summed E-state index contributed by atoms with van der Waals surface area (Å²) in [4.78, 5) is 15.9. The van der Waals surface area contributed by atoms with Gasteiger partial charge in [-0.25, -0.2) is 28.1 Å². The van der Waals surface area contributed by atoms with Gasteiger partial charge in [0.15, 0.2) is 17.5 Å². The Kier molecular flexibility index (Phi) is 4.43. The summed E-state index contributed by atoms with van der Waals surface area (Å²) >= 11 is 0. The molecule has 0 aliphatic carbocycles. The van der Waals surface area contributed by atoms with Crippen molar-refractivity contribution in [2.24, 2.45) is 0 Å². The third-order valence-corrected chi connectivity index (χ3v) is 5.13. The van der Waals surface area contributed by atoms with Gasteiger partial charge in [-0.1, -0.05) is 0 Å². The fourth-order valence-corrected chi connectivity index (χ4v) is 3.58. The summed E-state index contributed by atoms with van der Waals surface area (Å²) in [6.07, 6.45) is 3.81. The van der Waals surface area contributed by atoms with E-state index >= 15 is 0 Å². The number of H-pyrrole nitrogens is 1. The number of aromatic nitrogens is 5. The van der Waals surface area contributed by atoms with Gasteiger partial charge in [-0.05, 0) is 19.1 Å². The van der Waals surface area contributed by atoms with Gasteiger partial charge in [-0.2, -0.15) is 0 Å². The van der Waals surface area contributed by atoms with Crippen LogP contribution in [0.25, 0.3) is 28.4 Å². The van der Waals surface area contributed by atoms with Crippen LogP contribution in [0.3, 0.4) is 0 Å². The van der Waals surface area contributed by atoms with Gasteiger partial charge < -0.3 is 15.6 Å². The highest BCUT2D eigenvalue weighted by atomic mass is 19.1. The SMILES string of the molecule is Cc1c[nH]c(-c2ccn3c(-c4nc(NC5CNCC5F)c(F)cc4F)cnc3c2)n1. The van der Waals surface area contributed by atoms with Gasteiger partial charge in [0.25, 0.3) is 0 Å². The van der Waals surface area contributed by atoms with E-state index in [1.165, 1.54) is 6.20 Å². The lowest BCUT2D eigenvalue weighted by atomic mass is 10.2. The third kappa shape index (κ3) is 3.18. The molecule has 1 aliphatic rings. The largest absolute Gasteiger partial charge is 0.361 e. The highest BCUT2D eigenvalue weighted by Gasteiger charge is 2.28. The van der Waals surface area contributed by atoms with Crippen LogP contribution in [0.4, 0.5) is 19.0 Å². The van der Waals surface area contributed by atoms with Crippen LogP contribution in [-0.2, 0) is 0 Å². The molecular weight excluding hydrogens is 395 g/mol. The molecule has 10 heteroatoms. The molecule has 1 saturated heterocycles. The standard InChI is InChI=1S/C20H18F3N7/c1-10-6-26-19(27-10)11-2-3-30-16(9-25-17(30)4-11)18-12(21)5-13(22)20(29-18)28-15-8-24-7-14(15)23/h2-6,9,14-15,24H,7-8H2,1H3,(H,26,27)(H,28,29). The number of imidazole rings is 2. The molecule has 30 heavy (non-hydrogen) atoms. The number of fused-ring (bicyclic) bond motifs is 1. The first kappa shape index (κ1) is 18.6. The predicted molar refractivity (Wildman–Crippen MR) is 106 cm³/mol. The predicted octanol–water partition coefficient (Wildman–Crippen LogP) is 3.09. The Morgan fingerprint density at radius 3 is 2.77 bits per heavy atom. The van der Waals surface area contributed by atoms with Crippen LogP contribution in [0.5, 0.6) is 0 Å². The maximum atomic E-state index is 14.6. The van der Waals surface area contributed by atoms with Crippen LogP contribution in [-0.4, -0.2) is 49.6 Å². The van der Waals surface area contributed by atoms with E-state index in [1.54, 1.807) is 22.9 Å². The molecule has 4 aromatic heterocycles. The Morgan fingerprint density at radius 2 is 2.03 bits per heavy atom. The summed E-state index contributed by atoms with van der Waals surface area (Å²) in [5.74, 6) is -1.20. The van der Waals surface area contributed by atoms with E-state index in [9.17, 15) is 13.2 Å². The molecule has 0 saturated carbocycles. The van der Waals surface area contributed by atoms with Crippen molar-refractivity contribution in [3.05, 3.63) is 54.1 Å². The molecule has 1 aliphatic heterocycles. The van der Waals surface area contributed by atoms with Crippen LogP contribution in [0.2, 0.25) is 0 Å². The number of aromatic amines is 1. The monoisotopic (exact) mass is 413 g/mol. The van der Waals surface area contributed by atoms with Crippen molar-refractivity contribution in [2.75, 3.05) is 18.4 Å². The molecule has 0 bridgehead atoms. The number of hydrogen-bond donors (Lipinski definition) is 3. The first-order valence-electron chi connectivity index (χ1n) is 9.47. The maximum absolute atomic E-state index is 14.6. The van der Waals surface area contributed by atoms with Crippen molar-refractivity contribution < 1.29 is 13.2 Å². The maximum Gasteiger partial charge on any atom is 0.168 e. The molecule has 2 unspecified atom stereocenters. The fraction of sp³-hybridized carbons (Fsp3) is 0.250. The lowest BCUT2D eigenvalue weighted by Gasteiger charge is -2.16. The minimum Gasteiger partial charge on any atom is -0.361 e. The minimum absolute atomic E-state index is 0.0747. The normalized spacial score (nSPS) is 18.9. The number of pyridine rings is 2. The fourth-order valence-electron chi connectivity index (χ4n) is 3.58. The summed E-state index contributed by atoms with van der Waals surface area (Å²) in [7, 11) is 0. The van der Waals surface area contributed by atoms with Crippen LogP contribution in [0, 0.1) is 18.6 Å². The van der Waals surface area contributed by atoms with Crippen molar-refractivity contribution >= 4 is 11.5 Å². The summed E-state index contributed by atoms with van der Waals surface area (Å²) in [6, 6.07) is 3.74. The molecule has 0 radical (unpaired) electrons. The zero-order chi connectivity index (χ0) is 20.8. The Labute approximate surface area is 169 Å². The number of alkyl halides is 1. The van der Waals surface area contributed by atoms with E-state index < -0.39 is 23.8 Å². The second kappa shape index (κ2) is 7.13. The lowest BCUT2D eigenvalue weighted by molar-refractivity contribution is 0.341. The number of nitrogens with one attached hydrogen (secondary N) is 3. The van der Waals surface area contributed by atoms with E-state index in [-0.39, 0.29) is 18.1 Å². The molecule has 4 aromatic rings. The molecule has 3 N–H and O–H groups in total. The van der Waals surface area contributed by atoms with Crippen LogP contribution in [0.15, 0.2) is 36.8 Å². The van der Waals surface area contributed by atoms with Crippen molar-refractivity contribution in [1.82, 2.24) is 29.7 Å². The highest BCUT2D eigenvalue weighted by Crippen LogP contribution is 2.28. The Balaban J connectivity index is 1.53. The number of rotatable bonds is 4. The van der Waals surface area contributed by atoms with Gasteiger partial charge in [0.2, 0.25) is 0 Å². The summed E-state index contributed by atoms with van der Waals surface area (Å²) in [5.41, 5.74) is 2.52. The third-order valence-electron chi connectivity index (χ3n) is 5.13. The van der Waals surface area contributed by atoms with E-state index in [0.29, 0.717) is 23.7 Å². The van der Waals surface area contributed by atoms with Crippen molar-refractivity contribution in [3.63, 3.8) is 0 Å². The minimum atomic E-state index is -1.18. The summed E-state index contributed by atoms with van der Waals surface area (Å²) in [6.45, 7) is 2.39. The average molecular weight is 413 g/mol. The van der Waals surface area contributed by atoms with Crippen molar-refractivity contribution in [1.29, 1.82) is 0 Å². The van der Waals surface area contributed by atoms with Gasteiger partial charge in [-0.3, -0.25) is 4.40 Å². The molecule has 7 nitrogen and oxygen atoms in total. The molecule has 0 aromatic carbocycles. The molecule has 0 spiro atoms. The van der Waals surface area contributed by atoms with Crippen LogP contribution in [0.1, 0.15) is 5.69 Å². The molecule has 0 amide bonds. The van der Waals surface area contributed by atoms with Crippen molar-refractivity contribution in [3.8, 4) is 22.8 Å². The van der Waals surface area contributed by atoms with E-state index in [0.717, 1.165) is 17.3 Å². The number of nitrogens with zero attached hydrogens (tertiary/aromatic N) is 4. The first-order valence-corrected chi connectivity index (χ1v) is 9.47. The molecule has 5 rings (SSSR count). The van der Waals surface area contributed by atoms with Gasteiger partial charge in [0.1, 0.15) is 23.3 Å². The zero-order valence-electron chi connectivity index (χ0n) is 16.0. The van der Waals surface area contributed by atoms with Crippen LogP contribution >= 0.6 is 0 Å². The van der Waals surface area contributed by atoms with Crippen LogP contribution < -0.4 is 10.6 Å². The quantitative estimate of drug-likeness (QED) is 0.479. The topological polar surface area (TPSA) is 82.9 Å². The van der Waals surface area contributed by atoms with Crippen molar-refractivity contribution in [2.45, 2.75) is 19.1 Å². The van der Waals surface area contributed by atoms with E-state index in [1.807, 2.05) is 13.0 Å². The Bertz CT molecular complexity index is 1230. The van der Waals surface area contributed by atoms with E-state index in [4.69, 9.17) is 0 Å². The summed E-state index contributed by atoms with van der Waals surface area (Å²) < 4.78 is 44.4. The summed E-state index contributed by atoms with van der Waals surface area (Å²) in [5, 5.41) is 5.61. The number of hydrogen-bond acceptors (Lipinski definition) is 5. The smallest absolute Gasteiger partial charge is 0.168 e. The second-order valence-corrected chi connectivity index (χ2v) is 7.25. The second-order valence-electron chi connectivity index (χ2n) is 7.25. The Hall–Kier alpha value is -3.40. The molecule has 2 atom stereocenters. The molecule has 5 heterocycles. The van der Waals surface area contributed by atoms with Gasteiger partial charge in [0.05, 0.1) is 23.6 Å². The zero-order valence-corrected chi connectivity index (χ0v) is 16.0. The molecule has 154 valence electrons.